The molecule has 1 fully saturated rings. The molecule has 2 bridgehead atoms. The Morgan fingerprint density at radius 2 is 1.87 bits per heavy atom. The molecule has 15 heavy (non-hydrogen) atoms. The highest BCUT2D eigenvalue weighted by Gasteiger charge is 2.42. The summed E-state index contributed by atoms with van der Waals surface area (Å²) in [4.78, 5) is 12.6. The maximum atomic E-state index is 12.2. The summed E-state index contributed by atoms with van der Waals surface area (Å²) >= 11 is 3.72. The maximum Gasteiger partial charge on any atom is 0.167 e. The number of carbonyl (C=O) groups is 1. The van der Waals surface area contributed by atoms with E-state index in [-0.39, 0.29) is 5.92 Å². The van der Waals surface area contributed by atoms with E-state index < -0.39 is 0 Å². The van der Waals surface area contributed by atoms with Crippen LogP contribution in [0.5, 0.6) is 0 Å². The second-order valence-electron chi connectivity index (χ2n) is 4.54. The van der Waals surface area contributed by atoms with Gasteiger partial charge in [0.1, 0.15) is 0 Å². The van der Waals surface area contributed by atoms with Gasteiger partial charge in [0, 0.05) is 16.3 Å². The smallest absolute Gasteiger partial charge is 0.167 e. The van der Waals surface area contributed by atoms with Gasteiger partial charge in [0.25, 0.3) is 0 Å². The predicted octanol–water partition coefficient (Wildman–Crippen LogP) is 3.53. The molecule has 3 atom stereocenters. The van der Waals surface area contributed by atoms with Gasteiger partial charge in [-0.1, -0.05) is 46.6 Å². The van der Waals surface area contributed by atoms with Gasteiger partial charge in [-0.05, 0) is 24.3 Å². The molecule has 0 spiro atoms. The van der Waals surface area contributed by atoms with E-state index in [0.717, 1.165) is 12.0 Å². The first-order valence-corrected chi connectivity index (χ1v) is 6.48. The molecule has 1 saturated carbocycles. The van der Waals surface area contributed by atoms with Gasteiger partial charge < -0.3 is 0 Å². The number of hydrogen-bond donors (Lipinski definition) is 0. The lowest BCUT2D eigenvalue weighted by molar-refractivity contribution is 0.0869. The van der Waals surface area contributed by atoms with Gasteiger partial charge in [-0.25, -0.2) is 0 Å². The first-order chi connectivity index (χ1) is 7.29. The zero-order chi connectivity index (χ0) is 10.4. The van der Waals surface area contributed by atoms with Crippen LogP contribution in [0.15, 0.2) is 24.3 Å². The van der Waals surface area contributed by atoms with E-state index >= 15 is 0 Å². The summed E-state index contributed by atoms with van der Waals surface area (Å²) in [5.41, 5.74) is 2.24. The Bertz CT molecular complexity index is 413. The summed E-state index contributed by atoms with van der Waals surface area (Å²) < 4.78 is 0. The van der Waals surface area contributed by atoms with E-state index in [4.69, 9.17) is 0 Å². The molecule has 1 nitrogen and oxygen atoms in total. The Hall–Kier alpha value is -0.630. The summed E-state index contributed by atoms with van der Waals surface area (Å²) in [5, 5.41) is 0. The van der Waals surface area contributed by atoms with Gasteiger partial charge in [0.2, 0.25) is 0 Å². The topological polar surface area (TPSA) is 17.1 Å². The van der Waals surface area contributed by atoms with Gasteiger partial charge in [-0.2, -0.15) is 0 Å². The molecule has 78 valence electrons. The van der Waals surface area contributed by atoms with Crippen LogP contribution in [0.2, 0.25) is 0 Å². The van der Waals surface area contributed by atoms with Crippen molar-refractivity contribution in [1.29, 1.82) is 0 Å². The van der Waals surface area contributed by atoms with Crippen molar-refractivity contribution in [3.63, 3.8) is 0 Å². The van der Waals surface area contributed by atoms with E-state index in [0.29, 0.717) is 16.5 Å². The minimum atomic E-state index is 0.221. The van der Waals surface area contributed by atoms with Crippen molar-refractivity contribution < 1.29 is 4.79 Å². The van der Waals surface area contributed by atoms with Crippen LogP contribution in [-0.4, -0.2) is 10.6 Å². The molecule has 3 rings (SSSR count). The van der Waals surface area contributed by atoms with Crippen LogP contribution in [-0.2, 0) is 0 Å². The normalized spacial score (nSPS) is 33.7. The standard InChI is InChI=1S/C13H13BrO/c14-12-9-6-3-7-11(12)13(15)10-5-2-1-4-8(9)10/h1-2,4-5,9,11-12H,3,6-7H2/t9-,11-,12+/m0/s1. The molecule has 0 aromatic heterocycles. The van der Waals surface area contributed by atoms with Crippen molar-refractivity contribution in [3.8, 4) is 0 Å². The number of Topliss-reactive ketones (excluding diaryl/α,β-unsaturated/α-hetero) is 1. The third kappa shape index (κ3) is 1.31. The molecule has 1 aromatic carbocycles. The number of hydrogen-bond acceptors (Lipinski definition) is 1. The zero-order valence-electron chi connectivity index (χ0n) is 8.45. The summed E-state index contributed by atoms with van der Waals surface area (Å²) in [6.07, 6.45) is 3.47. The lowest BCUT2D eigenvalue weighted by atomic mass is 9.68. The molecule has 2 heteroatoms. The fraction of sp³-hybridized carbons (Fsp3) is 0.462. The highest BCUT2D eigenvalue weighted by atomic mass is 79.9. The van der Waals surface area contributed by atoms with Crippen molar-refractivity contribution in [2.45, 2.75) is 30.0 Å². The van der Waals surface area contributed by atoms with Crippen molar-refractivity contribution in [2.75, 3.05) is 0 Å². The average molecular weight is 265 g/mol. The number of halogens is 1. The van der Waals surface area contributed by atoms with Crippen molar-refractivity contribution in [3.05, 3.63) is 35.4 Å². The van der Waals surface area contributed by atoms with E-state index in [9.17, 15) is 4.79 Å². The fourth-order valence-corrected chi connectivity index (χ4v) is 4.06. The van der Waals surface area contributed by atoms with Gasteiger partial charge in [0.05, 0.1) is 0 Å². The number of ketones is 1. The van der Waals surface area contributed by atoms with Crippen LogP contribution in [0.25, 0.3) is 0 Å². The fourth-order valence-electron chi connectivity index (χ4n) is 3.00. The van der Waals surface area contributed by atoms with Crippen LogP contribution < -0.4 is 0 Å². The molecule has 0 saturated heterocycles. The summed E-state index contributed by atoms with van der Waals surface area (Å²) in [5.74, 6) is 1.12. The molecular weight excluding hydrogens is 252 g/mol. The second kappa shape index (κ2) is 3.44. The maximum absolute atomic E-state index is 12.2. The number of carbonyl (C=O) groups excluding carboxylic acids is 1. The monoisotopic (exact) mass is 264 g/mol. The van der Waals surface area contributed by atoms with Crippen molar-refractivity contribution in [1.82, 2.24) is 0 Å². The first kappa shape index (κ1) is 9.59. The SMILES string of the molecule is O=C1c2ccccc2[C@@H]2CCC[C@H]1[C@@H]2Br. The predicted molar refractivity (Wildman–Crippen MR) is 63.6 cm³/mol. The minimum Gasteiger partial charge on any atom is -0.294 e. The number of alkyl halides is 1. The first-order valence-electron chi connectivity index (χ1n) is 5.56. The summed E-state index contributed by atoms with van der Waals surface area (Å²) in [6.45, 7) is 0. The molecule has 0 unspecified atom stereocenters. The van der Waals surface area contributed by atoms with Crippen LogP contribution in [0.1, 0.15) is 41.1 Å². The molecule has 2 aliphatic rings. The third-order valence-electron chi connectivity index (χ3n) is 3.76. The second-order valence-corrected chi connectivity index (χ2v) is 5.60. The van der Waals surface area contributed by atoms with Crippen LogP contribution >= 0.6 is 15.9 Å². The molecule has 0 N–H and O–H groups in total. The van der Waals surface area contributed by atoms with Crippen molar-refractivity contribution >= 4 is 21.7 Å². The number of fused-ring (bicyclic) bond motifs is 4. The molecule has 1 aromatic rings. The molecular formula is C13H13BrO. The largest absolute Gasteiger partial charge is 0.294 e. The molecule has 0 aliphatic heterocycles. The minimum absolute atomic E-state index is 0.221. The highest BCUT2D eigenvalue weighted by Crippen LogP contribution is 2.47. The molecule has 0 radical (unpaired) electrons. The van der Waals surface area contributed by atoms with Gasteiger partial charge in [0.15, 0.2) is 5.78 Å². The summed E-state index contributed by atoms with van der Waals surface area (Å²) in [7, 11) is 0. The van der Waals surface area contributed by atoms with E-state index in [1.165, 1.54) is 18.4 Å². The Balaban J connectivity index is 2.18. The Labute approximate surface area is 98.0 Å². The quantitative estimate of drug-likeness (QED) is 0.656. The molecule has 0 amide bonds. The van der Waals surface area contributed by atoms with Crippen molar-refractivity contribution in [2.24, 2.45) is 5.92 Å². The Kier molecular flexibility index (Phi) is 2.20. The van der Waals surface area contributed by atoms with E-state index in [1.54, 1.807) is 0 Å². The van der Waals surface area contributed by atoms with Crippen LogP contribution in [0.3, 0.4) is 0 Å². The van der Waals surface area contributed by atoms with E-state index in [2.05, 4.69) is 22.0 Å². The zero-order valence-corrected chi connectivity index (χ0v) is 10.0. The molecule has 0 heterocycles. The number of rotatable bonds is 0. The average Bonchev–Trinajstić information content (AvgIpc) is 2.26. The van der Waals surface area contributed by atoms with Crippen LogP contribution in [0, 0.1) is 5.92 Å². The lowest BCUT2D eigenvalue weighted by Crippen LogP contribution is -2.38. The van der Waals surface area contributed by atoms with Gasteiger partial charge in [-0.15, -0.1) is 0 Å². The molecule has 2 aliphatic carbocycles. The lowest BCUT2D eigenvalue weighted by Gasteiger charge is -2.39. The summed E-state index contributed by atoms with van der Waals surface area (Å²) in [6, 6.07) is 8.12. The highest BCUT2D eigenvalue weighted by molar-refractivity contribution is 9.09. The van der Waals surface area contributed by atoms with Crippen LogP contribution in [0.4, 0.5) is 0 Å². The third-order valence-corrected chi connectivity index (χ3v) is 5.04. The van der Waals surface area contributed by atoms with Gasteiger partial charge in [-0.3, -0.25) is 4.79 Å². The Morgan fingerprint density at radius 1 is 1.13 bits per heavy atom. The Morgan fingerprint density at radius 3 is 2.73 bits per heavy atom. The van der Waals surface area contributed by atoms with Gasteiger partial charge >= 0.3 is 0 Å². The number of benzene rings is 1. The van der Waals surface area contributed by atoms with E-state index in [1.807, 2.05) is 18.2 Å².